The molecule has 0 saturated carbocycles. The van der Waals surface area contributed by atoms with Crippen molar-refractivity contribution in [1.82, 2.24) is 4.98 Å². The molecule has 0 amide bonds. The largest absolute Gasteiger partial charge is 0.478 e. The van der Waals surface area contributed by atoms with E-state index < -0.39 is 5.97 Å². The fourth-order valence-corrected chi connectivity index (χ4v) is 2.39. The summed E-state index contributed by atoms with van der Waals surface area (Å²) in [4.78, 5) is 15.4. The second kappa shape index (κ2) is 6.75. The van der Waals surface area contributed by atoms with Crippen molar-refractivity contribution in [3.8, 4) is 11.1 Å². The number of aromatic nitrogens is 1. The SMILES string of the molecule is O=C(O)c1ccccc1-c1ccc(CNc2cccnc2)cc1. The Morgan fingerprint density at radius 1 is 1.00 bits per heavy atom. The van der Waals surface area contributed by atoms with Gasteiger partial charge in [0.1, 0.15) is 0 Å². The summed E-state index contributed by atoms with van der Waals surface area (Å²) in [5.74, 6) is -0.914. The van der Waals surface area contributed by atoms with Gasteiger partial charge in [-0.3, -0.25) is 4.98 Å². The minimum atomic E-state index is -0.914. The molecule has 1 heterocycles. The maximum Gasteiger partial charge on any atom is 0.336 e. The standard InChI is InChI=1S/C19H16N2O2/c22-19(23)18-6-2-1-5-17(18)15-9-7-14(8-10-15)12-21-16-4-3-11-20-13-16/h1-11,13,21H,12H2,(H,22,23). The van der Waals surface area contributed by atoms with Crippen molar-refractivity contribution in [2.45, 2.75) is 6.54 Å². The highest BCUT2D eigenvalue weighted by atomic mass is 16.4. The Hall–Kier alpha value is -3.14. The van der Waals surface area contributed by atoms with Crippen LogP contribution in [0.25, 0.3) is 11.1 Å². The zero-order valence-electron chi connectivity index (χ0n) is 12.4. The van der Waals surface area contributed by atoms with E-state index in [4.69, 9.17) is 0 Å². The number of carboxylic acids is 1. The number of hydrogen-bond donors (Lipinski definition) is 2. The molecule has 0 bridgehead atoms. The highest BCUT2D eigenvalue weighted by Gasteiger charge is 2.10. The van der Waals surface area contributed by atoms with Gasteiger partial charge in [-0.2, -0.15) is 0 Å². The summed E-state index contributed by atoms with van der Waals surface area (Å²) < 4.78 is 0. The van der Waals surface area contributed by atoms with Gasteiger partial charge < -0.3 is 10.4 Å². The Morgan fingerprint density at radius 3 is 2.48 bits per heavy atom. The van der Waals surface area contributed by atoms with Crippen LogP contribution in [0.3, 0.4) is 0 Å². The molecule has 4 heteroatoms. The molecule has 4 nitrogen and oxygen atoms in total. The van der Waals surface area contributed by atoms with Crippen molar-refractivity contribution in [1.29, 1.82) is 0 Å². The highest BCUT2D eigenvalue weighted by Crippen LogP contribution is 2.24. The number of aromatic carboxylic acids is 1. The van der Waals surface area contributed by atoms with Crippen molar-refractivity contribution in [3.63, 3.8) is 0 Å². The second-order valence-electron chi connectivity index (χ2n) is 5.14. The molecule has 114 valence electrons. The van der Waals surface area contributed by atoms with Crippen LogP contribution in [0.5, 0.6) is 0 Å². The number of pyridine rings is 1. The van der Waals surface area contributed by atoms with Gasteiger partial charge >= 0.3 is 5.97 Å². The molecule has 0 aliphatic rings. The van der Waals surface area contributed by atoms with Gasteiger partial charge in [0.25, 0.3) is 0 Å². The van der Waals surface area contributed by atoms with E-state index in [1.807, 2.05) is 48.5 Å². The average molecular weight is 304 g/mol. The van der Waals surface area contributed by atoms with Crippen molar-refractivity contribution in [2.24, 2.45) is 0 Å². The molecule has 0 atom stereocenters. The van der Waals surface area contributed by atoms with E-state index >= 15 is 0 Å². The van der Waals surface area contributed by atoms with E-state index in [9.17, 15) is 9.90 Å². The molecular weight excluding hydrogens is 288 g/mol. The Morgan fingerprint density at radius 2 is 1.78 bits per heavy atom. The molecule has 3 rings (SSSR count). The molecule has 0 aliphatic heterocycles. The van der Waals surface area contributed by atoms with Crippen molar-refractivity contribution >= 4 is 11.7 Å². The number of anilines is 1. The van der Waals surface area contributed by atoms with E-state index in [0.29, 0.717) is 12.1 Å². The minimum absolute atomic E-state index is 0.314. The Labute approximate surface area is 134 Å². The van der Waals surface area contributed by atoms with Crippen molar-refractivity contribution in [3.05, 3.63) is 84.2 Å². The van der Waals surface area contributed by atoms with E-state index in [-0.39, 0.29) is 0 Å². The van der Waals surface area contributed by atoms with Crippen LogP contribution in [-0.2, 0) is 6.54 Å². The lowest BCUT2D eigenvalue weighted by Gasteiger charge is -2.09. The fourth-order valence-electron chi connectivity index (χ4n) is 2.39. The Kier molecular flexibility index (Phi) is 4.34. The van der Waals surface area contributed by atoms with Gasteiger partial charge in [-0.25, -0.2) is 4.79 Å². The van der Waals surface area contributed by atoms with Gasteiger partial charge in [0.05, 0.1) is 11.3 Å². The van der Waals surface area contributed by atoms with Gasteiger partial charge in [0, 0.05) is 18.9 Å². The van der Waals surface area contributed by atoms with Crippen LogP contribution in [-0.4, -0.2) is 16.1 Å². The molecule has 0 saturated heterocycles. The minimum Gasteiger partial charge on any atom is -0.478 e. The van der Waals surface area contributed by atoms with Gasteiger partial charge in [-0.05, 0) is 34.9 Å². The van der Waals surface area contributed by atoms with E-state index in [0.717, 1.165) is 22.4 Å². The number of carboxylic acid groups (broad SMARTS) is 1. The summed E-state index contributed by atoms with van der Waals surface area (Å²) in [7, 11) is 0. The third kappa shape index (κ3) is 3.55. The number of carbonyl (C=O) groups is 1. The first-order valence-corrected chi connectivity index (χ1v) is 7.29. The molecule has 0 radical (unpaired) electrons. The fraction of sp³-hybridized carbons (Fsp3) is 0.0526. The molecule has 23 heavy (non-hydrogen) atoms. The summed E-state index contributed by atoms with van der Waals surface area (Å²) in [6.45, 7) is 0.687. The van der Waals surface area contributed by atoms with Gasteiger partial charge in [0.2, 0.25) is 0 Å². The smallest absolute Gasteiger partial charge is 0.336 e. The molecule has 0 aliphatic carbocycles. The van der Waals surface area contributed by atoms with Crippen molar-refractivity contribution < 1.29 is 9.90 Å². The van der Waals surface area contributed by atoms with Gasteiger partial charge in [-0.15, -0.1) is 0 Å². The summed E-state index contributed by atoms with van der Waals surface area (Å²) in [6, 6.07) is 18.8. The summed E-state index contributed by atoms with van der Waals surface area (Å²) >= 11 is 0. The molecule has 2 aromatic carbocycles. The Balaban J connectivity index is 1.76. The topological polar surface area (TPSA) is 62.2 Å². The van der Waals surface area contributed by atoms with Crippen LogP contribution < -0.4 is 5.32 Å². The van der Waals surface area contributed by atoms with Crippen LogP contribution in [0.15, 0.2) is 73.1 Å². The maximum absolute atomic E-state index is 11.3. The van der Waals surface area contributed by atoms with Gasteiger partial charge in [0.15, 0.2) is 0 Å². The van der Waals surface area contributed by atoms with E-state index in [1.165, 1.54) is 0 Å². The molecule has 3 aromatic rings. The second-order valence-corrected chi connectivity index (χ2v) is 5.14. The molecule has 0 spiro atoms. The third-order valence-corrected chi connectivity index (χ3v) is 3.58. The number of nitrogens with one attached hydrogen (secondary N) is 1. The quantitative estimate of drug-likeness (QED) is 0.746. The molecule has 0 fully saturated rings. The van der Waals surface area contributed by atoms with Gasteiger partial charge in [-0.1, -0.05) is 42.5 Å². The number of hydrogen-bond acceptors (Lipinski definition) is 3. The summed E-state index contributed by atoms with van der Waals surface area (Å²) in [5.41, 5.74) is 4.02. The molecule has 2 N–H and O–H groups in total. The van der Waals surface area contributed by atoms with Crippen LogP contribution in [0, 0.1) is 0 Å². The first-order valence-electron chi connectivity index (χ1n) is 7.29. The normalized spacial score (nSPS) is 10.3. The van der Waals surface area contributed by atoms with Crippen LogP contribution >= 0.6 is 0 Å². The molecule has 1 aromatic heterocycles. The predicted octanol–water partition coefficient (Wildman–Crippen LogP) is 4.06. The zero-order chi connectivity index (χ0) is 16.1. The number of rotatable bonds is 5. The van der Waals surface area contributed by atoms with Crippen molar-refractivity contribution in [2.75, 3.05) is 5.32 Å². The number of nitrogens with zero attached hydrogens (tertiary/aromatic N) is 1. The maximum atomic E-state index is 11.3. The number of benzene rings is 2. The lowest BCUT2D eigenvalue weighted by Crippen LogP contribution is -2.00. The Bertz CT molecular complexity index is 799. The molecule has 0 unspecified atom stereocenters. The van der Waals surface area contributed by atoms with E-state index in [2.05, 4.69) is 10.3 Å². The first kappa shape index (κ1) is 14.8. The lowest BCUT2D eigenvalue weighted by atomic mass is 9.99. The highest BCUT2D eigenvalue weighted by molar-refractivity contribution is 5.95. The zero-order valence-corrected chi connectivity index (χ0v) is 12.4. The van der Waals surface area contributed by atoms with E-state index in [1.54, 1.807) is 24.5 Å². The molecular formula is C19H16N2O2. The van der Waals surface area contributed by atoms with Crippen LogP contribution in [0.2, 0.25) is 0 Å². The lowest BCUT2D eigenvalue weighted by molar-refractivity contribution is 0.0697. The average Bonchev–Trinajstić information content (AvgIpc) is 2.61. The third-order valence-electron chi connectivity index (χ3n) is 3.58. The van der Waals surface area contributed by atoms with Crippen LogP contribution in [0.1, 0.15) is 15.9 Å². The first-order chi connectivity index (χ1) is 11.2. The summed E-state index contributed by atoms with van der Waals surface area (Å²) in [6.07, 6.45) is 3.51. The monoisotopic (exact) mass is 304 g/mol. The predicted molar refractivity (Wildman–Crippen MR) is 90.4 cm³/mol. The summed E-state index contributed by atoms with van der Waals surface area (Å²) in [5, 5.41) is 12.6. The van der Waals surface area contributed by atoms with Crippen LogP contribution in [0.4, 0.5) is 5.69 Å².